The first kappa shape index (κ1) is 11.1. The van der Waals surface area contributed by atoms with Crippen molar-refractivity contribution >= 4 is 11.8 Å². The summed E-state index contributed by atoms with van der Waals surface area (Å²) < 4.78 is 1.84. The minimum Gasteiger partial charge on any atom is -0.217 e. The molecule has 0 saturated carbocycles. The van der Waals surface area contributed by atoms with Crippen LogP contribution in [0.1, 0.15) is 17.0 Å². The van der Waals surface area contributed by atoms with E-state index in [1.807, 2.05) is 36.9 Å². The number of hydrogen-bond donors (Lipinski definition) is 0. The number of hydrogen-bond acceptors (Lipinski definition) is 4. The highest BCUT2D eigenvalue weighted by atomic mass is 32.2. The second-order valence-corrected chi connectivity index (χ2v) is 4.47. The Morgan fingerprint density at radius 2 is 1.88 bits per heavy atom. The van der Waals surface area contributed by atoms with Gasteiger partial charge in [-0.2, -0.15) is 5.10 Å². The zero-order chi connectivity index (χ0) is 11.7. The Morgan fingerprint density at radius 1 is 1.12 bits per heavy atom. The molecule has 2 rings (SSSR count). The van der Waals surface area contributed by atoms with Gasteiger partial charge in [0.15, 0.2) is 5.82 Å². The third-order valence-corrected chi connectivity index (χ3v) is 3.34. The summed E-state index contributed by atoms with van der Waals surface area (Å²) in [5.74, 6) is 0.770. The maximum atomic E-state index is 4.44. The summed E-state index contributed by atoms with van der Waals surface area (Å²) in [5, 5.41) is 13.6. The highest BCUT2D eigenvalue weighted by molar-refractivity contribution is 7.98. The van der Waals surface area contributed by atoms with Gasteiger partial charge in [-0.25, -0.2) is 4.68 Å². The predicted molar refractivity (Wildman–Crippen MR) is 65.1 cm³/mol. The van der Waals surface area contributed by atoms with Crippen molar-refractivity contribution in [1.29, 1.82) is 0 Å². The first-order valence-electron chi connectivity index (χ1n) is 5.04. The smallest absolute Gasteiger partial charge is 0.176 e. The van der Waals surface area contributed by atoms with E-state index in [0.29, 0.717) is 0 Å². The van der Waals surface area contributed by atoms with Crippen LogP contribution in [0, 0.1) is 20.8 Å². The second-order valence-electron chi connectivity index (χ2n) is 3.64. The molecule has 0 unspecified atom stereocenters. The van der Waals surface area contributed by atoms with E-state index in [1.54, 1.807) is 11.8 Å². The fourth-order valence-corrected chi connectivity index (χ4v) is 1.81. The Labute approximate surface area is 99.1 Å². The van der Waals surface area contributed by atoms with Crippen molar-refractivity contribution in [3.05, 3.63) is 29.1 Å². The van der Waals surface area contributed by atoms with Gasteiger partial charge in [-0.1, -0.05) is 0 Å². The van der Waals surface area contributed by atoms with Gasteiger partial charge in [0.2, 0.25) is 0 Å². The summed E-state index contributed by atoms with van der Waals surface area (Å²) in [7, 11) is 0. The fourth-order valence-electron chi connectivity index (χ4n) is 1.48. The highest BCUT2D eigenvalue weighted by Gasteiger charge is 2.09. The lowest BCUT2D eigenvalue weighted by molar-refractivity contribution is 0.765. The lowest BCUT2D eigenvalue weighted by atomic mass is 10.2. The molecule has 0 aliphatic rings. The van der Waals surface area contributed by atoms with Gasteiger partial charge in [-0.15, -0.1) is 22.0 Å². The van der Waals surface area contributed by atoms with Crippen LogP contribution in [0.5, 0.6) is 0 Å². The molecular weight excluding hydrogens is 220 g/mol. The van der Waals surface area contributed by atoms with Gasteiger partial charge < -0.3 is 0 Å². The van der Waals surface area contributed by atoms with Crippen molar-refractivity contribution in [2.75, 3.05) is 6.26 Å². The molecule has 0 aromatic carbocycles. The van der Waals surface area contributed by atoms with Crippen molar-refractivity contribution in [1.82, 2.24) is 20.0 Å². The lowest BCUT2D eigenvalue weighted by Gasteiger charge is -2.02. The molecule has 4 nitrogen and oxygen atoms in total. The molecule has 0 radical (unpaired) electrons. The molecule has 16 heavy (non-hydrogen) atoms. The van der Waals surface area contributed by atoms with Gasteiger partial charge in [-0.3, -0.25) is 0 Å². The first-order valence-corrected chi connectivity index (χ1v) is 6.27. The van der Waals surface area contributed by atoms with Gasteiger partial charge >= 0.3 is 0 Å². The van der Waals surface area contributed by atoms with E-state index in [0.717, 1.165) is 22.2 Å². The highest BCUT2D eigenvalue weighted by Crippen LogP contribution is 2.16. The summed E-state index contributed by atoms with van der Waals surface area (Å²) >= 11 is 1.58. The van der Waals surface area contributed by atoms with Gasteiger partial charge in [0.05, 0.1) is 5.69 Å². The SMILES string of the molecule is CSc1ccc(-n2nc(C)c(C)c2C)nn1. The minimum atomic E-state index is 0.770. The van der Waals surface area contributed by atoms with Crippen LogP contribution in [-0.2, 0) is 0 Å². The van der Waals surface area contributed by atoms with E-state index in [9.17, 15) is 0 Å². The molecule has 0 fully saturated rings. The molecule has 84 valence electrons. The monoisotopic (exact) mass is 234 g/mol. The largest absolute Gasteiger partial charge is 0.217 e. The zero-order valence-electron chi connectivity index (χ0n) is 9.85. The summed E-state index contributed by atoms with van der Waals surface area (Å²) in [5.41, 5.74) is 3.35. The third kappa shape index (κ3) is 1.82. The quantitative estimate of drug-likeness (QED) is 0.748. The number of nitrogens with zero attached hydrogens (tertiary/aromatic N) is 4. The van der Waals surface area contributed by atoms with Crippen molar-refractivity contribution in [2.24, 2.45) is 0 Å². The number of thioether (sulfide) groups is 1. The van der Waals surface area contributed by atoms with Crippen molar-refractivity contribution in [2.45, 2.75) is 25.8 Å². The van der Waals surface area contributed by atoms with Crippen LogP contribution in [0.25, 0.3) is 5.82 Å². The van der Waals surface area contributed by atoms with E-state index in [1.165, 1.54) is 5.56 Å². The van der Waals surface area contributed by atoms with Crippen LogP contribution in [0.4, 0.5) is 0 Å². The zero-order valence-corrected chi connectivity index (χ0v) is 10.7. The van der Waals surface area contributed by atoms with E-state index in [-0.39, 0.29) is 0 Å². The van der Waals surface area contributed by atoms with Crippen molar-refractivity contribution in [3.8, 4) is 5.82 Å². The molecule has 2 aromatic rings. The number of aryl methyl sites for hydroxylation is 1. The maximum Gasteiger partial charge on any atom is 0.176 e. The topological polar surface area (TPSA) is 43.6 Å². The predicted octanol–water partition coefficient (Wildman–Crippen LogP) is 2.31. The fraction of sp³-hybridized carbons (Fsp3) is 0.364. The van der Waals surface area contributed by atoms with E-state index >= 15 is 0 Å². The molecule has 2 aromatic heterocycles. The summed E-state index contributed by atoms with van der Waals surface area (Å²) in [6.45, 7) is 6.11. The summed E-state index contributed by atoms with van der Waals surface area (Å²) in [4.78, 5) is 0. The van der Waals surface area contributed by atoms with E-state index in [2.05, 4.69) is 22.2 Å². The summed E-state index contributed by atoms with van der Waals surface area (Å²) in [6, 6.07) is 3.90. The normalized spacial score (nSPS) is 10.8. The third-order valence-electron chi connectivity index (χ3n) is 2.71. The van der Waals surface area contributed by atoms with Crippen LogP contribution in [0.3, 0.4) is 0 Å². The molecule has 0 amide bonds. The van der Waals surface area contributed by atoms with Gasteiger partial charge in [0.25, 0.3) is 0 Å². The van der Waals surface area contributed by atoms with E-state index in [4.69, 9.17) is 0 Å². The standard InChI is InChI=1S/C11H14N4S/c1-7-8(2)14-15(9(7)3)10-5-6-11(16-4)13-12-10/h5-6H,1-4H3. The Kier molecular flexibility index (Phi) is 2.96. The Balaban J connectivity index is 2.46. The van der Waals surface area contributed by atoms with Gasteiger partial charge in [0.1, 0.15) is 5.03 Å². The van der Waals surface area contributed by atoms with Crippen LogP contribution < -0.4 is 0 Å². The van der Waals surface area contributed by atoms with Gasteiger partial charge in [0, 0.05) is 5.69 Å². The molecule has 0 bridgehead atoms. The van der Waals surface area contributed by atoms with Gasteiger partial charge in [-0.05, 0) is 44.7 Å². The average molecular weight is 234 g/mol. The average Bonchev–Trinajstić information content (AvgIpc) is 2.57. The molecule has 0 N–H and O–H groups in total. The number of aromatic nitrogens is 4. The summed E-state index contributed by atoms with van der Waals surface area (Å²) in [6.07, 6.45) is 1.98. The Hall–Kier alpha value is -1.36. The van der Waals surface area contributed by atoms with Crippen LogP contribution in [0.2, 0.25) is 0 Å². The molecule has 0 atom stereocenters. The van der Waals surface area contributed by atoms with Crippen molar-refractivity contribution < 1.29 is 0 Å². The molecule has 2 heterocycles. The Bertz CT molecular complexity index is 501. The maximum absolute atomic E-state index is 4.44. The molecule has 0 spiro atoms. The molecule has 0 aliphatic heterocycles. The molecule has 0 aliphatic carbocycles. The lowest BCUT2D eigenvalue weighted by Crippen LogP contribution is -2.03. The van der Waals surface area contributed by atoms with Crippen LogP contribution in [-0.4, -0.2) is 26.2 Å². The van der Waals surface area contributed by atoms with Crippen molar-refractivity contribution in [3.63, 3.8) is 0 Å². The first-order chi connectivity index (χ1) is 7.63. The molecule has 0 saturated heterocycles. The van der Waals surface area contributed by atoms with E-state index < -0.39 is 0 Å². The molecular formula is C11H14N4S. The number of rotatable bonds is 2. The second kappa shape index (κ2) is 4.25. The molecule has 5 heteroatoms. The van der Waals surface area contributed by atoms with Crippen LogP contribution in [0.15, 0.2) is 17.2 Å². The van der Waals surface area contributed by atoms with Crippen LogP contribution >= 0.6 is 11.8 Å². The Morgan fingerprint density at radius 3 is 2.31 bits per heavy atom. The minimum absolute atomic E-state index is 0.770.